The summed E-state index contributed by atoms with van der Waals surface area (Å²) >= 11 is 0. The van der Waals surface area contributed by atoms with E-state index in [2.05, 4.69) is 0 Å². The molecule has 3 rings (SSSR count). The molecule has 0 aliphatic heterocycles. The molecular weight excluding hydrogens is 387 g/mol. The third kappa shape index (κ3) is 3.72. The Balaban J connectivity index is 2.06. The molecule has 0 amide bonds. The minimum absolute atomic E-state index is 0.282. The fourth-order valence-electron chi connectivity index (χ4n) is 4.17. The zero-order valence-electron chi connectivity index (χ0n) is 17.3. The maximum absolute atomic E-state index is 13.6. The third-order valence-corrected chi connectivity index (χ3v) is 7.80. The standard InChI is InChI=1S/C23H26O5P/c1-15-8-7-9-16(2)20(15)22(25)29(26)23(12-5-6-13-23)21(24)18-11-10-17(27-3)14-19(18)28-4/h7-11,14H,5-6,12-13H2,1-4H3/q+1. The minimum atomic E-state index is -2.45. The normalized spacial score (nSPS) is 15.7. The number of carbonyl (C=O) groups excluding carboxylic acids is 2. The lowest BCUT2D eigenvalue weighted by atomic mass is 9.94. The SMILES string of the molecule is COc1ccc(C(=O)C2([P+](=O)C(=O)c3c(C)cccc3C)CCCC2)c(OC)c1. The second kappa shape index (κ2) is 8.46. The average Bonchev–Trinajstić information content (AvgIpc) is 3.23. The van der Waals surface area contributed by atoms with Gasteiger partial charge in [0.15, 0.2) is 0 Å². The van der Waals surface area contributed by atoms with Crippen molar-refractivity contribution < 1.29 is 23.6 Å². The highest BCUT2D eigenvalue weighted by Crippen LogP contribution is 2.55. The Morgan fingerprint density at radius 2 is 1.59 bits per heavy atom. The quantitative estimate of drug-likeness (QED) is 0.444. The van der Waals surface area contributed by atoms with Crippen LogP contribution in [0.15, 0.2) is 36.4 Å². The van der Waals surface area contributed by atoms with Gasteiger partial charge < -0.3 is 9.47 Å². The fraction of sp³-hybridized carbons (Fsp3) is 0.391. The van der Waals surface area contributed by atoms with Gasteiger partial charge in [0.25, 0.3) is 0 Å². The molecule has 152 valence electrons. The van der Waals surface area contributed by atoms with Crippen LogP contribution in [-0.4, -0.2) is 30.7 Å². The molecule has 0 aromatic heterocycles. The smallest absolute Gasteiger partial charge is 0.434 e. The second-order valence-corrected chi connectivity index (χ2v) is 9.35. The Labute approximate surface area is 172 Å². The number of ether oxygens (including phenoxy) is 2. The maximum Gasteiger partial charge on any atom is 0.434 e. The number of hydrogen-bond acceptors (Lipinski definition) is 5. The molecule has 0 heterocycles. The molecule has 2 aromatic carbocycles. The summed E-state index contributed by atoms with van der Waals surface area (Å²) in [5.74, 6) is 0.647. The first-order valence-electron chi connectivity index (χ1n) is 9.70. The molecule has 0 bridgehead atoms. The van der Waals surface area contributed by atoms with Crippen LogP contribution < -0.4 is 9.47 Å². The molecule has 1 aliphatic carbocycles. The first-order chi connectivity index (χ1) is 13.9. The van der Waals surface area contributed by atoms with Gasteiger partial charge in [0.05, 0.1) is 25.3 Å². The van der Waals surface area contributed by atoms with Crippen LogP contribution in [-0.2, 0) is 4.57 Å². The second-order valence-electron chi connectivity index (χ2n) is 7.50. The monoisotopic (exact) mass is 413 g/mol. The molecule has 1 fully saturated rings. The van der Waals surface area contributed by atoms with Gasteiger partial charge in [-0.2, -0.15) is 0 Å². The summed E-state index contributed by atoms with van der Waals surface area (Å²) < 4.78 is 24.2. The van der Waals surface area contributed by atoms with E-state index in [4.69, 9.17) is 9.47 Å². The van der Waals surface area contributed by atoms with Crippen LogP contribution in [0.5, 0.6) is 11.5 Å². The van der Waals surface area contributed by atoms with Gasteiger partial charge in [0.1, 0.15) is 11.5 Å². The van der Waals surface area contributed by atoms with Crippen molar-refractivity contribution in [1.29, 1.82) is 0 Å². The highest BCUT2D eigenvalue weighted by Gasteiger charge is 2.61. The number of hydrogen-bond donors (Lipinski definition) is 0. The zero-order valence-corrected chi connectivity index (χ0v) is 18.2. The molecule has 0 saturated heterocycles. The highest BCUT2D eigenvalue weighted by molar-refractivity contribution is 7.67. The van der Waals surface area contributed by atoms with Crippen molar-refractivity contribution in [2.45, 2.75) is 44.7 Å². The van der Waals surface area contributed by atoms with Crippen LogP contribution in [0.3, 0.4) is 0 Å². The van der Waals surface area contributed by atoms with E-state index in [1.54, 1.807) is 18.2 Å². The van der Waals surface area contributed by atoms with Crippen molar-refractivity contribution in [3.8, 4) is 11.5 Å². The lowest BCUT2D eigenvalue weighted by molar-refractivity contribution is 0.0928. The number of carbonyl (C=O) groups is 2. The van der Waals surface area contributed by atoms with Gasteiger partial charge in [-0.05, 0) is 49.9 Å². The van der Waals surface area contributed by atoms with E-state index in [-0.39, 0.29) is 5.78 Å². The van der Waals surface area contributed by atoms with Crippen LogP contribution in [0.25, 0.3) is 0 Å². The van der Waals surface area contributed by atoms with Gasteiger partial charge in [-0.1, -0.05) is 22.8 Å². The molecule has 1 atom stereocenters. The van der Waals surface area contributed by atoms with Crippen LogP contribution in [0.4, 0.5) is 0 Å². The van der Waals surface area contributed by atoms with Gasteiger partial charge in [0, 0.05) is 18.9 Å². The van der Waals surface area contributed by atoms with Crippen molar-refractivity contribution in [2.24, 2.45) is 0 Å². The van der Waals surface area contributed by atoms with E-state index in [1.165, 1.54) is 14.2 Å². The predicted octanol–water partition coefficient (Wildman–Crippen LogP) is 5.48. The Morgan fingerprint density at radius 1 is 0.966 bits per heavy atom. The van der Waals surface area contributed by atoms with E-state index in [0.29, 0.717) is 35.5 Å². The van der Waals surface area contributed by atoms with E-state index in [1.807, 2.05) is 32.0 Å². The molecule has 0 spiro atoms. The van der Waals surface area contributed by atoms with E-state index >= 15 is 0 Å². The summed E-state index contributed by atoms with van der Waals surface area (Å²) in [5, 5.41) is -1.19. The lowest BCUT2D eigenvalue weighted by Crippen LogP contribution is -2.34. The van der Waals surface area contributed by atoms with E-state index in [0.717, 1.165) is 24.0 Å². The Hall–Kier alpha value is -2.52. The zero-order chi connectivity index (χ0) is 21.2. The Bertz CT molecular complexity index is 953. The topological polar surface area (TPSA) is 69.7 Å². The third-order valence-electron chi connectivity index (χ3n) is 5.77. The molecule has 0 radical (unpaired) electrons. The van der Waals surface area contributed by atoms with Crippen LogP contribution in [0.1, 0.15) is 57.5 Å². The number of methoxy groups -OCH3 is 2. The van der Waals surface area contributed by atoms with Crippen molar-refractivity contribution >= 4 is 19.1 Å². The van der Waals surface area contributed by atoms with Gasteiger partial charge in [0.2, 0.25) is 10.9 Å². The predicted molar refractivity (Wildman–Crippen MR) is 113 cm³/mol. The minimum Gasteiger partial charge on any atom is -0.497 e. The molecule has 29 heavy (non-hydrogen) atoms. The first kappa shape index (κ1) is 21.2. The van der Waals surface area contributed by atoms with Gasteiger partial charge in [-0.15, -0.1) is 0 Å². The van der Waals surface area contributed by atoms with Crippen molar-refractivity contribution in [1.82, 2.24) is 0 Å². The number of Topliss-reactive ketones (excluding diaryl/α,β-unsaturated/α-hetero) is 1. The van der Waals surface area contributed by atoms with Gasteiger partial charge >= 0.3 is 13.3 Å². The van der Waals surface area contributed by atoms with Crippen LogP contribution in [0, 0.1) is 13.8 Å². The number of aryl methyl sites for hydroxylation is 2. The molecule has 1 saturated carbocycles. The number of rotatable bonds is 7. The summed E-state index contributed by atoms with van der Waals surface area (Å²) in [5.41, 5.74) is 1.93. The van der Waals surface area contributed by atoms with Gasteiger partial charge in [-0.25, -0.2) is 4.79 Å². The first-order valence-corrected chi connectivity index (χ1v) is 11.0. The summed E-state index contributed by atoms with van der Waals surface area (Å²) in [6, 6.07) is 10.5. The summed E-state index contributed by atoms with van der Waals surface area (Å²) in [6.45, 7) is 3.66. The average molecular weight is 413 g/mol. The lowest BCUT2D eigenvalue weighted by Gasteiger charge is -2.18. The molecule has 0 N–H and O–H groups in total. The maximum atomic E-state index is 13.6. The van der Waals surface area contributed by atoms with Crippen LogP contribution >= 0.6 is 7.80 Å². The van der Waals surface area contributed by atoms with Gasteiger partial charge in [-0.3, -0.25) is 4.79 Å². The van der Waals surface area contributed by atoms with Crippen molar-refractivity contribution in [3.63, 3.8) is 0 Å². The Kier molecular flexibility index (Phi) is 6.18. The molecule has 1 unspecified atom stereocenters. The van der Waals surface area contributed by atoms with Crippen LogP contribution in [0.2, 0.25) is 0 Å². The van der Waals surface area contributed by atoms with Crippen molar-refractivity contribution in [3.05, 3.63) is 58.7 Å². The van der Waals surface area contributed by atoms with Crippen molar-refractivity contribution in [2.75, 3.05) is 14.2 Å². The molecule has 2 aromatic rings. The summed E-state index contributed by atoms with van der Waals surface area (Å²) in [4.78, 5) is 26.9. The summed E-state index contributed by atoms with van der Waals surface area (Å²) in [6.07, 6.45) is 2.41. The molecule has 1 aliphatic rings. The fourth-order valence-corrected chi connectivity index (χ4v) is 6.14. The molecular formula is C23H26O5P+. The molecule has 5 nitrogen and oxygen atoms in total. The Morgan fingerprint density at radius 3 is 2.14 bits per heavy atom. The number of benzene rings is 2. The summed E-state index contributed by atoms with van der Waals surface area (Å²) in [7, 11) is 0.565. The highest BCUT2D eigenvalue weighted by atomic mass is 31.1. The molecule has 6 heteroatoms. The van der Waals surface area contributed by atoms with E-state index < -0.39 is 18.5 Å². The largest absolute Gasteiger partial charge is 0.497 e. The number of ketones is 1. The van der Waals surface area contributed by atoms with E-state index in [9.17, 15) is 14.2 Å².